The summed E-state index contributed by atoms with van der Waals surface area (Å²) in [7, 11) is 0. The number of carboxylic acids is 1. The molecule has 1 unspecified atom stereocenters. The molecule has 41 heavy (non-hydrogen) atoms. The Morgan fingerprint density at radius 1 is 0.976 bits per heavy atom. The van der Waals surface area contributed by atoms with E-state index in [0.717, 1.165) is 0 Å². The number of ketones is 1. The van der Waals surface area contributed by atoms with Crippen molar-refractivity contribution in [1.29, 1.82) is 0 Å². The third kappa shape index (κ3) is 5.96. The smallest absolute Gasteiger partial charge is 0.335 e. The van der Waals surface area contributed by atoms with Crippen LogP contribution in [0.2, 0.25) is 0 Å². The number of rotatable bonds is 9. The second-order valence-corrected chi connectivity index (χ2v) is 10.9. The highest BCUT2D eigenvalue weighted by Crippen LogP contribution is 2.29. The fourth-order valence-electron chi connectivity index (χ4n) is 5.10. The summed E-state index contributed by atoms with van der Waals surface area (Å²) in [6, 6.07) is 9.05. The number of nitrogens with zero attached hydrogens (tertiary/aromatic N) is 3. The maximum atomic E-state index is 14.1. The van der Waals surface area contributed by atoms with Crippen molar-refractivity contribution in [3.8, 4) is 0 Å². The van der Waals surface area contributed by atoms with Gasteiger partial charge in [0, 0.05) is 5.56 Å². The van der Waals surface area contributed by atoms with Gasteiger partial charge in [0.1, 0.15) is 5.52 Å². The van der Waals surface area contributed by atoms with Crippen LogP contribution in [0.5, 0.6) is 0 Å². The van der Waals surface area contributed by atoms with Crippen LogP contribution in [0.25, 0.3) is 11.1 Å². The van der Waals surface area contributed by atoms with Gasteiger partial charge in [-0.2, -0.15) is 0 Å². The van der Waals surface area contributed by atoms with Gasteiger partial charge in [0.05, 0.1) is 23.7 Å². The lowest BCUT2D eigenvalue weighted by atomic mass is 9.96. The molecule has 2 aromatic carbocycles. The van der Waals surface area contributed by atoms with E-state index in [0.29, 0.717) is 35.4 Å². The number of amides is 3. The Morgan fingerprint density at radius 2 is 1.61 bits per heavy atom. The molecule has 1 aliphatic heterocycles. The van der Waals surface area contributed by atoms with Crippen molar-refractivity contribution in [3.63, 3.8) is 0 Å². The number of likely N-dealkylation sites (tertiary alicyclic amines) is 1. The minimum absolute atomic E-state index is 0.0415. The van der Waals surface area contributed by atoms with Crippen LogP contribution in [0.1, 0.15) is 71.9 Å². The first kappa shape index (κ1) is 29.8. The number of hydrogen-bond acceptors (Lipinski definition) is 9. The predicted molar refractivity (Wildman–Crippen MR) is 149 cm³/mol. The Bertz CT molecular complexity index is 1440. The summed E-state index contributed by atoms with van der Waals surface area (Å²) in [5.41, 5.74) is 7.02. The number of nitrogens with two attached hydrogens (primary N) is 1. The normalized spacial score (nSPS) is 17.1. The minimum Gasteiger partial charge on any atom is -0.478 e. The third-order valence-corrected chi connectivity index (χ3v) is 7.37. The van der Waals surface area contributed by atoms with Gasteiger partial charge in [0.15, 0.2) is 5.58 Å². The number of Topliss-reactive ketones (excluding diaryl/α,β-unsaturated/α-hetero) is 1. The summed E-state index contributed by atoms with van der Waals surface area (Å²) in [4.78, 5) is 72.8. The number of benzene rings is 2. The molecular formula is C30H34N4O7. The standard InChI is InChI=1S/C30H34N4O7/c1-16(2)23(31)29(38)34(27(36)18-11-13-19(14-12-18)30(39)40)28(37)21-9-7-15-33(21)24(17(3)4)25(35)26-32-20-8-5-6-10-22(20)41-26/h5-6,8,10-14,16-17,21,23-24H,7,9,15,31H2,1-4H3,(H,39,40)/t21-,23-,24?/m0/s1. The van der Waals surface area contributed by atoms with E-state index in [1.807, 2.05) is 13.8 Å². The zero-order valence-corrected chi connectivity index (χ0v) is 23.4. The Balaban J connectivity index is 1.69. The van der Waals surface area contributed by atoms with E-state index >= 15 is 0 Å². The summed E-state index contributed by atoms with van der Waals surface area (Å²) < 4.78 is 5.73. The van der Waals surface area contributed by atoms with Crippen molar-refractivity contribution in [3.05, 3.63) is 65.5 Å². The van der Waals surface area contributed by atoms with Crippen LogP contribution < -0.4 is 5.73 Å². The summed E-state index contributed by atoms with van der Waals surface area (Å²) in [6.07, 6.45) is 0.870. The number of aromatic nitrogens is 1. The van der Waals surface area contributed by atoms with Crippen molar-refractivity contribution in [1.82, 2.24) is 14.8 Å². The number of para-hydroxylation sites is 2. The molecule has 1 fully saturated rings. The zero-order valence-electron chi connectivity index (χ0n) is 23.4. The highest BCUT2D eigenvalue weighted by molar-refractivity contribution is 6.18. The van der Waals surface area contributed by atoms with Gasteiger partial charge in [0.25, 0.3) is 23.6 Å². The van der Waals surface area contributed by atoms with Crippen molar-refractivity contribution in [2.24, 2.45) is 17.6 Å². The van der Waals surface area contributed by atoms with E-state index in [1.165, 1.54) is 24.3 Å². The lowest BCUT2D eigenvalue weighted by molar-refractivity contribution is -0.145. The predicted octanol–water partition coefficient (Wildman–Crippen LogP) is 3.38. The molecule has 3 atom stereocenters. The number of carbonyl (C=O) groups is 5. The van der Waals surface area contributed by atoms with Gasteiger partial charge < -0.3 is 15.3 Å². The van der Waals surface area contributed by atoms with Gasteiger partial charge in [-0.25, -0.2) is 14.7 Å². The quantitative estimate of drug-likeness (QED) is 0.292. The van der Waals surface area contributed by atoms with Crippen molar-refractivity contribution >= 4 is 40.6 Å². The number of carbonyl (C=O) groups excluding carboxylic acids is 4. The Labute approximate surface area is 237 Å². The molecule has 216 valence electrons. The van der Waals surface area contributed by atoms with Crippen molar-refractivity contribution in [2.45, 2.75) is 58.7 Å². The average Bonchev–Trinajstić information content (AvgIpc) is 3.60. The summed E-state index contributed by atoms with van der Waals surface area (Å²) >= 11 is 0. The first-order valence-corrected chi connectivity index (χ1v) is 13.6. The van der Waals surface area contributed by atoms with Gasteiger partial charge in [-0.3, -0.25) is 24.1 Å². The molecule has 0 aliphatic carbocycles. The van der Waals surface area contributed by atoms with Crippen LogP contribution >= 0.6 is 0 Å². The molecule has 0 radical (unpaired) electrons. The minimum atomic E-state index is -1.18. The summed E-state index contributed by atoms with van der Waals surface area (Å²) in [5.74, 6) is -4.85. The molecule has 4 rings (SSSR count). The number of oxazole rings is 1. The van der Waals surface area contributed by atoms with Crippen LogP contribution in [-0.2, 0) is 9.59 Å². The molecule has 11 nitrogen and oxygen atoms in total. The second kappa shape index (κ2) is 12.1. The van der Waals surface area contributed by atoms with E-state index in [1.54, 1.807) is 43.0 Å². The van der Waals surface area contributed by atoms with Crippen LogP contribution in [-0.4, -0.2) is 74.0 Å². The van der Waals surface area contributed by atoms with Gasteiger partial charge in [0.2, 0.25) is 5.78 Å². The van der Waals surface area contributed by atoms with E-state index in [2.05, 4.69) is 4.98 Å². The largest absolute Gasteiger partial charge is 0.478 e. The SMILES string of the molecule is CC(C)C(C(=O)c1nc2ccccc2o1)N1CCC[C@H]1C(=O)N(C(=O)c1ccc(C(=O)O)cc1)C(=O)[C@@H](N)C(C)C. The van der Waals surface area contributed by atoms with E-state index in [4.69, 9.17) is 10.2 Å². The highest BCUT2D eigenvalue weighted by Gasteiger charge is 2.46. The van der Waals surface area contributed by atoms with E-state index < -0.39 is 47.6 Å². The number of fused-ring (bicyclic) bond motifs is 1. The fourth-order valence-corrected chi connectivity index (χ4v) is 5.10. The highest BCUT2D eigenvalue weighted by atomic mass is 16.4. The van der Waals surface area contributed by atoms with Crippen LogP contribution in [0.4, 0.5) is 0 Å². The van der Waals surface area contributed by atoms with Crippen LogP contribution in [0, 0.1) is 11.8 Å². The first-order chi connectivity index (χ1) is 19.4. The molecule has 0 saturated carbocycles. The first-order valence-electron chi connectivity index (χ1n) is 13.6. The van der Waals surface area contributed by atoms with Crippen molar-refractivity contribution in [2.75, 3.05) is 6.54 Å². The summed E-state index contributed by atoms with van der Waals surface area (Å²) in [5, 5.41) is 9.21. The molecule has 3 aromatic rings. The van der Waals surface area contributed by atoms with Gasteiger partial charge in [-0.05, 0) is 67.6 Å². The molecular weight excluding hydrogens is 528 g/mol. The number of hydrogen-bond donors (Lipinski definition) is 2. The second-order valence-electron chi connectivity index (χ2n) is 10.9. The zero-order chi connectivity index (χ0) is 30.0. The molecule has 0 bridgehead atoms. The van der Waals surface area contributed by atoms with Gasteiger partial charge in [-0.1, -0.05) is 39.8 Å². The van der Waals surface area contributed by atoms with E-state index in [9.17, 15) is 29.1 Å². The molecule has 1 saturated heterocycles. The summed E-state index contributed by atoms with van der Waals surface area (Å²) in [6.45, 7) is 7.47. The van der Waals surface area contributed by atoms with Crippen molar-refractivity contribution < 1.29 is 33.5 Å². The van der Waals surface area contributed by atoms with Crippen LogP contribution in [0.15, 0.2) is 52.9 Å². The number of aromatic carboxylic acids is 1. The molecule has 3 N–H and O–H groups in total. The molecule has 3 amide bonds. The van der Waals surface area contributed by atoms with E-state index in [-0.39, 0.29) is 28.9 Å². The van der Waals surface area contributed by atoms with Gasteiger partial charge >= 0.3 is 5.97 Å². The topological polar surface area (TPSA) is 164 Å². The lowest BCUT2D eigenvalue weighted by Gasteiger charge is -2.35. The Hall–Kier alpha value is -4.22. The number of carboxylic acid groups (broad SMARTS) is 1. The Morgan fingerprint density at radius 3 is 2.20 bits per heavy atom. The maximum absolute atomic E-state index is 14.1. The molecule has 11 heteroatoms. The Kier molecular flexibility index (Phi) is 8.79. The van der Waals surface area contributed by atoms with Gasteiger partial charge in [-0.15, -0.1) is 0 Å². The number of imide groups is 3. The molecule has 2 heterocycles. The fraction of sp³-hybridized carbons (Fsp3) is 0.400. The molecule has 0 spiro atoms. The third-order valence-electron chi connectivity index (χ3n) is 7.37. The molecule has 1 aromatic heterocycles. The maximum Gasteiger partial charge on any atom is 0.335 e. The molecule has 1 aliphatic rings. The lowest BCUT2D eigenvalue weighted by Crippen LogP contribution is -2.58. The average molecular weight is 563 g/mol. The van der Waals surface area contributed by atoms with Crippen LogP contribution in [0.3, 0.4) is 0 Å². The monoisotopic (exact) mass is 562 g/mol.